The highest BCUT2D eigenvalue weighted by Gasteiger charge is 2.07. The highest BCUT2D eigenvalue weighted by Crippen LogP contribution is 2.10. The van der Waals surface area contributed by atoms with Crippen molar-refractivity contribution in [1.29, 1.82) is 0 Å². The van der Waals surface area contributed by atoms with E-state index >= 15 is 0 Å². The van der Waals surface area contributed by atoms with E-state index in [1.54, 1.807) is 14.0 Å². The van der Waals surface area contributed by atoms with Crippen LogP contribution in [0.4, 0.5) is 0 Å². The molecule has 1 aromatic carbocycles. The summed E-state index contributed by atoms with van der Waals surface area (Å²) in [6, 6.07) is 7.85. The Morgan fingerprint density at radius 2 is 1.78 bits per heavy atom. The maximum absolute atomic E-state index is 11.4. The zero-order valence-electron chi connectivity index (χ0n) is 13.8. The van der Waals surface area contributed by atoms with Gasteiger partial charge in [0.15, 0.2) is 15.8 Å². The van der Waals surface area contributed by atoms with Crippen molar-refractivity contribution in [2.45, 2.75) is 13.8 Å². The van der Waals surface area contributed by atoms with E-state index in [0.29, 0.717) is 25.7 Å². The first-order chi connectivity index (χ1) is 10.5. The fraction of sp³-hybridized carbons (Fsp3) is 0.533. The summed E-state index contributed by atoms with van der Waals surface area (Å²) in [5, 5.41) is 6.04. The molecule has 6 nitrogen and oxygen atoms in total. The van der Waals surface area contributed by atoms with Gasteiger partial charge in [-0.15, -0.1) is 24.0 Å². The van der Waals surface area contributed by atoms with Crippen LogP contribution in [0.5, 0.6) is 5.75 Å². The number of sulfone groups is 1. The topological polar surface area (TPSA) is 79.8 Å². The van der Waals surface area contributed by atoms with Gasteiger partial charge in [0, 0.05) is 19.3 Å². The molecule has 0 aromatic heterocycles. The number of ether oxygens (including phenoxy) is 1. The van der Waals surface area contributed by atoms with Gasteiger partial charge in [-0.25, -0.2) is 8.42 Å². The van der Waals surface area contributed by atoms with Crippen LogP contribution in [-0.4, -0.2) is 52.6 Å². The highest BCUT2D eigenvalue weighted by molar-refractivity contribution is 14.0. The van der Waals surface area contributed by atoms with Gasteiger partial charge in [0.1, 0.15) is 12.4 Å². The predicted octanol–water partition coefficient (Wildman–Crippen LogP) is 1.59. The summed E-state index contributed by atoms with van der Waals surface area (Å²) in [7, 11) is -1.31. The molecule has 0 spiro atoms. The summed E-state index contributed by atoms with van der Waals surface area (Å²) in [6.45, 7) is 5.09. The Bertz CT molecular complexity index is 574. The number of nitrogens with zero attached hydrogens (tertiary/aromatic N) is 1. The zero-order valence-corrected chi connectivity index (χ0v) is 17.0. The molecule has 0 unspecified atom stereocenters. The van der Waals surface area contributed by atoms with Gasteiger partial charge in [0.2, 0.25) is 0 Å². The minimum absolute atomic E-state index is 0. The molecule has 2 N–H and O–H groups in total. The third kappa shape index (κ3) is 9.65. The van der Waals surface area contributed by atoms with Gasteiger partial charge in [0.05, 0.1) is 12.3 Å². The number of aliphatic imine (C=N–C) groups is 1. The monoisotopic (exact) mass is 455 g/mol. The van der Waals surface area contributed by atoms with E-state index in [1.807, 2.05) is 31.2 Å². The molecular formula is C15H26IN3O3S. The lowest BCUT2D eigenvalue weighted by Gasteiger charge is -2.12. The van der Waals surface area contributed by atoms with Gasteiger partial charge >= 0.3 is 0 Å². The number of guanidine groups is 1. The van der Waals surface area contributed by atoms with Gasteiger partial charge in [-0.1, -0.05) is 24.6 Å². The van der Waals surface area contributed by atoms with Crippen LogP contribution < -0.4 is 15.4 Å². The molecule has 0 bridgehead atoms. The average Bonchev–Trinajstić information content (AvgIpc) is 2.51. The molecule has 0 aliphatic heterocycles. The fourth-order valence-electron chi connectivity index (χ4n) is 1.66. The van der Waals surface area contributed by atoms with Crippen molar-refractivity contribution < 1.29 is 13.2 Å². The van der Waals surface area contributed by atoms with Crippen LogP contribution in [0.25, 0.3) is 0 Å². The second-order valence-corrected chi connectivity index (χ2v) is 7.30. The normalized spacial score (nSPS) is 11.5. The van der Waals surface area contributed by atoms with Crippen LogP contribution in [0.15, 0.2) is 29.3 Å². The summed E-state index contributed by atoms with van der Waals surface area (Å²) >= 11 is 0. The molecule has 0 atom stereocenters. The molecule has 1 rings (SSSR count). The predicted molar refractivity (Wildman–Crippen MR) is 106 cm³/mol. The van der Waals surface area contributed by atoms with Gasteiger partial charge < -0.3 is 15.4 Å². The fourth-order valence-corrected chi connectivity index (χ4v) is 2.36. The van der Waals surface area contributed by atoms with Crippen molar-refractivity contribution in [3.05, 3.63) is 29.8 Å². The summed E-state index contributed by atoms with van der Waals surface area (Å²) in [5.41, 5.74) is 1.19. The number of rotatable bonds is 8. The van der Waals surface area contributed by atoms with Crippen molar-refractivity contribution in [2.75, 3.05) is 38.2 Å². The van der Waals surface area contributed by atoms with Crippen molar-refractivity contribution in [1.82, 2.24) is 10.6 Å². The number of nitrogens with one attached hydrogen (secondary N) is 2. The molecule has 23 heavy (non-hydrogen) atoms. The lowest BCUT2D eigenvalue weighted by molar-refractivity contribution is 0.322. The van der Waals surface area contributed by atoms with Crippen molar-refractivity contribution >= 4 is 39.8 Å². The number of hydrogen-bond donors (Lipinski definition) is 2. The van der Waals surface area contributed by atoms with E-state index in [9.17, 15) is 8.42 Å². The Morgan fingerprint density at radius 3 is 2.35 bits per heavy atom. The zero-order chi connectivity index (χ0) is 16.4. The van der Waals surface area contributed by atoms with Crippen LogP contribution in [-0.2, 0) is 9.84 Å². The van der Waals surface area contributed by atoms with Crippen LogP contribution in [0.1, 0.15) is 12.5 Å². The summed E-state index contributed by atoms with van der Waals surface area (Å²) in [4.78, 5) is 4.03. The molecular weight excluding hydrogens is 429 g/mol. The van der Waals surface area contributed by atoms with Gasteiger partial charge in [0.25, 0.3) is 0 Å². The lowest BCUT2D eigenvalue weighted by atomic mass is 10.2. The number of benzene rings is 1. The second kappa shape index (κ2) is 11.5. The third-order valence-corrected chi connectivity index (χ3v) is 4.76. The Morgan fingerprint density at radius 1 is 1.17 bits per heavy atom. The first-order valence-corrected chi connectivity index (χ1v) is 9.13. The molecule has 0 saturated carbocycles. The first-order valence-electron chi connectivity index (χ1n) is 7.31. The molecule has 0 heterocycles. The molecule has 0 fully saturated rings. The molecule has 8 heteroatoms. The average molecular weight is 455 g/mol. The van der Waals surface area contributed by atoms with E-state index in [-0.39, 0.29) is 35.5 Å². The van der Waals surface area contributed by atoms with E-state index in [1.165, 1.54) is 5.56 Å². The molecule has 0 amide bonds. The number of aryl methyl sites for hydroxylation is 1. The minimum Gasteiger partial charge on any atom is -0.492 e. The largest absolute Gasteiger partial charge is 0.492 e. The van der Waals surface area contributed by atoms with E-state index in [4.69, 9.17) is 4.74 Å². The Kier molecular flexibility index (Phi) is 11.0. The van der Waals surface area contributed by atoms with E-state index in [0.717, 1.165) is 5.75 Å². The highest BCUT2D eigenvalue weighted by atomic mass is 127. The summed E-state index contributed by atoms with van der Waals surface area (Å²) in [6.07, 6.45) is 0. The quantitative estimate of drug-likeness (QED) is 0.270. The first kappa shape index (κ1) is 22.0. The van der Waals surface area contributed by atoms with Crippen LogP contribution in [0.2, 0.25) is 0 Å². The van der Waals surface area contributed by atoms with Crippen molar-refractivity contribution in [2.24, 2.45) is 4.99 Å². The molecule has 0 saturated heterocycles. The van der Waals surface area contributed by atoms with Gasteiger partial charge in [-0.2, -0.15) is 0 Å². The maximum atomic E-state index is 11.4. The van der Waals surface area contributed by atoms with Crippen LogP contribution in [0, 0.1) is 6.92 Å². The molecule has 1 aromatic rings. The standard InChI is InChI=1S/C15H25N3O3S.HI/c1-4-22(19,20)12-10-18-15(16-3)17-9-11-21-14-7-5-13(2)6-8-14;/h5-8H,4,9-12H2,1-3H3,(H2,16,17,18);1H. The van der Waals surface area contributed by atoms with Gasteiger partial charge in [-0.05, 0) is 19.1 Å². The lowest BCUT2D eigenvalue weighted by Crippen LogP contribution is -2.41. The summed E-state index contributed by atoms with van der Waals surface area (Å²) < 4.78 is 28.4. The number of halogens is 1. The molecule has 0 radical (unpaired) electrons. The number of hydrogen-bond acceptors (Lipinski definition) is 4. The maximum Gasteiger partial charge on any atom is 0.191 e. The molecule has 0 aliphatic rings. The summed E-state index contributed by atoms with van der Waals surface area (Å²) in [5.74, 6) is 1.65. The Hall–Kier alpha value is -1.03. The second-order valence-electron chi connectivity index (χ2n) is 4.82. The SMILES string of the molecule is CCS(=O)(=O)CCNC(=NC)NCCOc1ccc(C)cc1.I. The van der Waals surface area contributed by atoms with Crippen molar-refractivity contribution in [3.8, 4) is 5.75 Å². The molecule has 132 valence electrons. The van der Waals surface area contributed by atoms with E-state index < -0.39 is 9.84 Å². The van der Waals surface area contributed by atoms with Crippen LogP contribution in [0.3, 0.4) is 0 Å². The van der Waals surface area contributed by atoms with Gasteiger partial charge in [-0.3, -0.25) is 4.99 Å². The Labute approximate surface area is 156 Å². The van der Waals surface area contributed by atoms with Crippen molar-refractivity contribution in [3.63, 3.8) is 0 Å². The molecule has 0 aliphatic carbocycles. The minimum atomic E-state index is -2.96. The Balaban J connectivity index is 0.00000484. The third-order valence-electron chi connectivity index (χ3n) is 3.05. The smallest absolute Gasteiger partial charge is 0.191 e. The van der Waals surface area contributed by atoms with E-state index in [2.05, 4.69) is 15.6 Å². The van der Waals surface area contributed by atoms with Crippen LogP contribution >= 0.6 is 24.0 Å².